The second kappa shape index (κ2) is 9.22. The van der Waals surface area contributed by atoms with Crippen molar-refractivity contribution in [2.75, 3.05) is 6.61 Å². The number of allylic oxidation sites excluding steroid dienone is 1. The number of nitrogens with one attached hydrogen (secondary N) is 2. The Hall–Kier alpha value is -2.99. The number of esters is 1. The molecule has 0 fully saturated rings. The molecule has 2 amide bonds. The molecule has 1 atom stereocenters. The molecule has 0 bridgehead atoms. The number of hydrogen-bond donors (Lipinski definition) is 2. The minimum absolute atomic E-state index is 0.250. The lowest BCUT2D eigenvalue weighted by molar-refractivity contribution is -0.139. The average Bonchev–Trinajstić information content (AvgIpc) is 2.69. The van der Waals surface area contributed by atoms with Crippen LogP contribution in [0.25, 0.3) is 0 Å². The third kappa shape index (κ3) is 4.60. The lowest BCUT2D eigenvalue weighted by Crippen LogP contribution is -2.45. The summed E-state index contributed by atoms with van der Waals surface area (Å²) >= 11 is 6.19. The molecule has 3 rings (SSSR count). The van der Waals surface area contributed by atoms with E-state index in [0.29, 0.717) is 28.6 Å². The predicted octanol–water partition coefficient (Wildman–Crippen LogP) is 4.73. The van der Waals surface area contributed by atoms with E-state index in [2.05, 4.69) is 10.6 Å². The van der Waals surface area contributed by atoms with E-state index in [1.165, 1.54) is 0 Å². The van der Waals surface area contributed by atoms with Crippen LogP contribution in [0.5, 0.6) is 5.75 Å². The smallest absolute Gasteiger partial charge is 0.338 e. The van der Waals surface area contributed by atoms with Crippen molar-refractivity contribution in [3.63, 3.8) is 0 Å². The SMILES string of the molecule is CCOC(=O)C1=C(C)NC(=O)NC1c1cc(C)cc(COc2ccccc2Cl)c1C. The third-order valence-corrected chi connectivity index (χ3v) is 5.31. The molecule has 0 radical (unpaired) electrons. The van der Waals surface area contributed by atoms with Crippen molar-refractivity contribution in [3.8, 4) is 5.75 Å². The number of rotatable bonds is 6. The van der Waals surface area contributed by atoms with E-state index < -0.39 is 12.0 Å². The summed E-state index contributed by atoms with van der Waals surface area (Å²) in [6, 6.07) is 10.3. The van der Waals surface area contributed by atoms with Crippen LogP contribution >= 0.6 is 11.6 Å². The number of benzene rings is 2. The van der Waals surface area contributed by atoms with Gasteiger partial charge in [0.1, 0.15) is 12.4 Å². The molecule has 7 heteroatoms. The van der Waals surface area contributed by atoms with Crippen LogP contribution < -0.4 is 15.4 Å². The molecule has 1 aliphatic rings. The number of ether oxygens (including phenoxy) is 2. The molecular weight excluding hydrogens is 404 g/mol. The number of hydrogen-bond acceptors (Lipinski definition) is 4. The van der Waals surface area contributed by atoms with Gasteiger partial charge in [-0.2, -0.15) is 0 Å². The van der Waals surface area contributed by atoms with Crippen LogP contribution in [0, 0.1) is 13.8 Å². The van der Waals surface area contributed by atoms with E-state index in [0.717, 1.165) is 22.3 Å². The van der Waals surface area contributed by atoms with Crippen LogP contribution in [-0.4, -0.2) is 18.6 Å². The maximum atomic E-state index is 12.6. The monoisotopic (exact) mass is 428 g/mol. The third-order valence-electron chi connectivity index (χ3n) is 5.00. The van der Waals surface area contributed by atoms with Gasteiger partial charge in [-0.3, -0.25) is 0 Å². The minimum Gasteiger partial charge on any atom is -0.487 e. The van der Waals surface area contributed by atoms with E-state index in [-0.39, 0.29) is 12.6 Å². The molecule has 0 aromatic heterocycles. The van der Waals surface area contributed by atoms with Crippen molar-refractivity contribution >= 4 is 23.6 Å². The van der Waals surface area contributed by atoms with Gasteiger partial charge in [-0.15, -0.1) is 0 Å². The van der Waals surface area contributed by atoms with Gasteiger partial charge in [0, 0.05) is 5.70 Å². The van der Waals surface area contributed by atoms with Crippen molar-refractivity contribution in [1.29, 1.82) is 0 Å². The highest BCUT2D eigenvalue weighted by atomic mass is 35.5. The molecule has 0 spiro atoms. The van der Waals surface area contributed by atoms with Crippen LogP contribution in [0.4, 0.5) is 4.79 Å². The highest BCUT2D eigenvalue weighted by Gasteiger charge is 2.33. The Bertz CT molecular complexity index is 1020. The quantitative estimate of drug-likeness (QED) is 0.652. The molecule has 1 heterocycles. The van der Waals surface area contributed by atoms with Crippen molar-refractivity contribution in [3.05, 3.63) is 74.9 Å². The summed E-state index contributed by atoms with van der Waals surface area (Å²) in [5, 5.41) is 6.06. The number of aryl methyl sites for hydroxylation is 1. The van der Waals surface area contributed by atoms with Crippen LogP contribution in [-0.2, 0) is 16.1 Å². The van der Waals surface area contributed by atoms with Gasteiger partial charge in [0.25, 0.3) is 0 Å². The molecule has 1 aliphatic heterocycles. The second-order valence-electron chi connectivity index (χ2n) is 7.15. The first-order valence-electron chi connectivity index (χ1n) is 9.74. The number of amides is 2. The van der Waals surface area contributed by atoms with Crippen LogP contribution in [0.1, 0.15) is 42.1 Å². The number of para-hydroxylation sites is 1. The van der Waals surface area contributed by atoms with Crippen LogP contribution in [0.15, 0.2) is 47.7 Å². The topological polar surface area (TPSA) is 76.7 Å². The number of carbonyl (C=O) groups excluding carboxylic acids is 2. The zero-order valence-corrected chi connectivity index (χ0v) is 18.2. The van der Waals surface area contributed by atoms with E-state index in [9.17, 15) is 9.59 Å². The Kier molecular flexibility index (Phi) is 6.67. The second-order valence-corrected chi connectivity index (χ2v) is 7.56. The summed E-state index contributed by atoms with van der Waals surface area (Å²) in [5.41, 5.74) is 4.56. The van der Waals surface area contributed by atoms with Gasteiger partial charge in [-0.25, -0.2) is 9.59 Å². The summed E-state index contributed by atoms with van der Waals surface area (Å²) < 4.78 is 11.2. The molecule has 2 aromatic rings. The molecule has 30 heavy (non-hydrogen) atoms. The predicted molar refractivity (Wildman–Crippen MR) is 115 cm³/mol. The van der Waals surface area contributed by atoms with Crippen molar-refractivity contribution in [2.24, 2.45) is 0 Å². The largest absolute Gasteiger partial charge is 0.487 e. The number of urea groups is 1. The Morgan fingerprint density at radius 3 is 2.60 bits per heavy atom. The average molecular weight is 429 g/mol. The highest BCUT2D eigenvalue weighted by Crippen LogP contribution is 2.33. The normalized spacial score (nSPS) is 16.0. The fraction of sp³-hybridized carbons (Fsp3) is 0.304. The van der Waals surface area contributed by atoms with Gasteiger partial charge in [-0.05, 0) is 56.5 Å². The first-order chi connectivity index (χ1) is 14.3. The van der Waals surface area contributed by atoms with Crippen molar-refractivity contribution in [1.82, 2.24) is 10.6 Å². The van der Waals surface area contributed by atoms with Gasteiger partial charge < -0.3 is 20.1 Å². The molecular formula is C23H25ClN2O4. The minimum atomic E-state index is -0.614. The zero-order valence-electron chi connectivity index (χ0n) is 17.5. The first-order valence-corrected chi connectivity index (χ1v) is 10.1. The van der Waals surface area contributed by atoms with Crippen LogP contribution in [0.3, 0.4) is 0 Å². The van der Waals surface area contributed by atoms with E-state index >= 15 is 0 Å². The molecule has 158 valence electrons. The summed E-state index contributed by atoms with van der Waals surface area (Å²) in [6.45, 7) is 7.92. The maximum Gasteiger partial charge on any atom is 0.338 e. The first kappa shape index (κ1) is 21.7. The lowest BCUT2D eigenvalue weighted by Gasteiger charge is -2.30. The van der Waals surface area contributed by atoms with Gasteiger partial charge in [0.15, 0.2) is 0 Å². The van der Waals surface area contributed by atoms with Crippen LogP contribution in [0.2, 0.25) is 5.02 Å². The number of carbonyl (C=O) groups is 2. The van der Waals surface area contributed by atoms with Gasteiger partial charge >= 0.3 is 12.0 Å². The number of halogens is 1. The van der Waals surface area contributed by atoms with Gasteiger partial charge in [0.05, 0.1) is 23.2 Å². The molecule has 1 unspecified atom stereocenters. The Labute approximate surface area is 181 Å². The van der Waals surface area contributed by atoms with Gasteiger partial charge in [0.2, 0.25) is 0 Å². The Morgan fingerprint density at radius 2 is 1.90 bits per heavy atom. The molecule has 0 saturated carbocycles. The van der Waals surface area contributed by atoms with E-state index in [1.807, 2.05) is 44.2 Å². The fourth-order valence-corrected chi connectivity index (χ4v) is 3.73. The van der Waals surface area contributed by atoms with Crippen molar-refractivity contribution < 1.29 is 19.1 Å². The molecule has 6 nitrogen and oxygen atoms in total. The fourth-order valence-electron chi connectivity index (χ4n) is 3.54. The standard InChI is InChI=1S/C23H25ClN2O4/c1-5-29-22(27)20-15(4)25-23(28)26-21(20)17-11-13(2)10-16(14(17)3)12-30-19-9-7-6-8-18(19)24/h6-11,21H,5,12H2,1-4H3,(H2,25,26,28). The van der Waals surface area contributed by atoms with Crippen molar-refractivity contribution in [2.45, 2.75) is 40.3 Å². The zero-order chi connectivity index (χ0) is 21.8. The van der Waals surface area contributed by atoms with E-state index in [1.54, 1.807) is 19.9 Å². The highest BCUT2D eigenvalue weighted by molar-refractivity contribution is 6.32. The summed E-state index contributed by atoms with van der Waals surface area (Å²) in [6.07, 6.45) is 0. The van der Waals surface area contributed by atoms with Gasteiger partial charge in [-0.1, -0.05) is 41.4 Å². The molecule has 0 aliphatic carbocycles. The van der Waals surface area contributed by atoms with E-state index in [4.69, 9.17) is 21.1 Å². The summed E-state index contributed by atoms with van der Waals surface area (Å²) in [5.74, 6) is 0.141. The molecule has 0 saturated heterocycles. The maximum absolute atomic E-state index is 12.6. The Morgan fingerprint density at radius 1 is 1.17 bits per heavy atom. The molecule has 2 N–H and O–H groups in total. The summed E-state index contributed by atoms with van der Waals surface area (Å²) in [7, 11) is 0. The molecule has 2 aromatic carbocycles. The summed E-state index contributed by atoms with van der Waals surface area (Å²) in [4.78, 5) is 24.8. The Balaban J connectivity index is 1.98. The lowest BCUT2D eigenvalue weighted by atomic mass is 9.89.